The predicted molar refractivity (Wildman–Crippen MR) is 77.0 cm³/mol. The number of unbranched alkanes of at least 4 members (excludes halogenated alkanes) is 2. The molecule has 0 unspecified atom stereocenters. The molecule has 0 radical (unpaired) electrons. The van der Waals surface area contributed by atoms with Crippen molar-refractivity contribution in [1.82, 2.24) is 5.32 Å². The molecule has 0 bridgehead atoms. The first kappa shape index (κ1) is 14.8. The van der Waals surface area contributed by atoms with Crippen LogP contribution in [0.15, 0.2) is 22.7 Å². The molecule has 0 aromatic heterocycles. The summed E-state index contributed by atoms with van der Waals surface area (Å²) in [6, 6.07) is 6.06. The van der Waals surface area contributed by atoms with Crippen molar-refractivity contribution in [3.63, 3.8) is 0 Å². The number of methoxy groups -OCH3 is 1. The van der Waals surface area contributed by atoms with Gasteiger partial charge in [0.1, 0.15) is 5.75 Å². The second kappa shape index (κ2) is 8.78. The maximum Gasteiger partial charge on any atom is 0.123 e. The van der Waals surface area contributed by atoms with E-state index in [1.54, 1.807) is 7.11 Å². The zero-order chi connectivity index (χ0) is 12.5. The Bertz CT molecular complexity index is 333. The molecule has 4 heteroatoms. The summed E-state index contributed by atoms with van der Waals surface area (Å²) in [6.45, 7) is 1.86. The standard InChI is InChI=1S/C13H19BrClNO/c1-17-13-6-5-12(14)9-11(13)10-16-8-4-2-3-7-15/h5-6,9,16H,2-4,7-8,10H2,1H3. The molecule has 17 heavy (non-hydrogen) atoms. The van der Waals surface area contributed by atoms with Crippen LogP contribution in [0.25, 0.3) is 0 Å². The van der Waals surface area contributed by atoms with Crippen LogP contribution < -0.4 is 10.1 Å². The van der Waals surface area contributed by atoms with Crippen molar-refractivity contribution in [3.8, 4) is 5.75 Å². The van der Waals surface area contributed by atoms with Gasteiger partial charge in [-0.1, -0.05) is 22.4 Å². The highest BCUT2D eigenvalue weighted by molar-refractivity contribution is 9.10. The topological polar surface area (TPSA) is 21.3 Å². The van der Waals surface area contributed by atoms with Gasteiger partial charge in [0, 0.05) is 22.5 Å². The van der Waals surface area contributed by atoms with Gasteiger partial charge < -0.3 is 10.1 Å². The lowest BCUT2D eigenvalue weighted by molar-refractivity contribution is 0.407. The molecule has 0 amide bonds. The van der Waals surface area contributed by atoms with E-state index in [0.29, 0.717) is 0 Å². The summed E-state index contributed by atoms with van der Waals surface area (Å²) in [4.78, 5) is 0. The molecule has 96 valence electrons. The molecule has 1 aromatic carbocycles. The number of hydrogen-bond donors (Lipinski definition) is 1. The van der Waals surface area contributed by atoms with E-state index in [1.165, 1.54) is 18.4 Å². The lowest BCUT2D eigenvalue weighted by Crippen LogP contribution is -2.15. The number of halogens is 2. The summed E-state index contributed by atoms with van der Waals surface area (Å²) in [5.41, 5.74) is 1.18. The quantitative estimate of drug-likeness (QED) is 0.578. The van der Waals surface area contributed by atoms with E-state index in [-0.39, 0.29) is 0 Å². The molecule has 0 heterocycles. The Balaban J connectivity index is 2.32. The van der Waals surface area contributed by atoms with Crippen molar-refractivity contribution in [2.45, 2.75) is 25.8 Å². The highest BCUT2D eigenvalue weighted by Gasteiger charge is 2.02. The van der Waals surface area contributed by atoms with Crippen LogP contribution in [-0.2, 0) is 6.54 Å². The van der Waals surface area contributed by atoms with Crippen LogP contribution >= 0.6 is 27.5 Å². The highest BCUT2D eigenvalue weighted by atomic mass is 79.9. The third-order valence-electron chi connectivity index (χ3n) is 2.55. The number of ether oxygens (including phenoxy) is 1. The minimum atomic E-state index is 0.763. The van der Waals surface area contributed by atoms with Crippen molar-refractivity contribution in [2.75, 3.05) is 19.5 Å². The lowest BCUT2D eigenvalue weighted by Gasteiger charge is -2.10. The zero-order valence-corrected chi connectivity index (χ0v) is 12.5. The Hall–Kier alpha value is -0.250. The average Bonchev–Trinajstić information content (AvgIpc) is 2.34. The van der Waals surface area contributed by atoms with Crippen molar-refractivity contribution in [2.24, 2.45) is 0 Å². The van der Waals surface area contributed by atoms with E-state index in [1.807, 2.05) is 12.1 Å². The van der Waals surface area contributed by atoms with Gasteiger partial charge in [-0.2, -0.15) is 0 Å². The molecule has 2 nitrogen and oxygen atoms in total. The molecule has 0 aliphatic carbocycles. The van der Waals surface area contributed by atoms with Gasteiger partial charge in [-0.05, 0) is 37.6 Å². The molecule has 0 aliphatic heterocycles. The van der Waals surface area contributed by atoms with Gasteiger partial charge in [0.15, 0.2) is 0 Å². The second-order valence-corrected chi connectivity index (χ2v) is 5.18. The molecule has 1 aromatic rings. The molecular weight excluding hydrogens is 302 g/mol. The van der Waals surface area contributed by atoms with Crippen molar-refractivity contribution in [1.29, 1.82) is 0 Å². The minimum absolute atomic E-state index is 0.763. The summed E-state index contributed by atoms with van der Waals surface area (Å²) in [5, 5.41) is 3.42. The third kappa shape index (κ3) is 5.75. The summed E-state index contributed by atoms with van der Waals surface area (Å²) in [7, 11) is 1.70. The van der Waals surface area contributed by atoms with Crippen LogP contribution in [0.3, 0.4) is 0 Å². The van der Waals surface area contributed by atoms with E-state index in [4.69, 9.17) is 16.3 Å². The normalized spacial score (nSPS) is 10.5. The molecule has 1 N–H and O–H groups in total. The molecule has 0 fully saturated rings. The Kier molecular flexibility index (Phi) is 7.65. The van der Waals surface area contributed by atoms with Gasteiger partial charge in [0.05, 0.1) is 7.11 Å². The Morgan fingerprint density at radius 3 is 2.82 bits per heavy atom. The molecule has 0 atom stereocenters. The largest absolute Gasteiger partial charge is 0.496 e. The zero-order valence-electron chi connectivity index (χ0n) is 10.1. The highest BCUT2D eigenvalue weighted by Crippen LogP contribution is 2.22. The van der Waals surface area contributed by atoms with E-state index >= 15 is 0 Å². The fourth-order valence-corrected chi connectivity index (χ4v) is 2.23. The predicted octanol–water partition coefficient (Wildman–Crippen LogP) is 3.96. The van der Waals surface area contributed by atoms with E-state index in [9.17, 15) is 0 Å². The van der Waals surface area contributed by atoms with Crippen molar-refractivity contribution < 1.29 is 4.74 Å². The maximum absolute atomic E-state index is 5.63. The van der Waals surface area contributed by atoms with E-state index in [2.05, 4.69) is 27.3 Å². The molecule has 0 aliphatic rings. The Morgan fingerprint density at radius 2 is 2.12 bits per heavy atom. The number of nitrogens with one attached hydrogen (secondary N) is 1. The Labute approximate surface area is 117 Å². The van der Waals surface area contributed by atoms with Gasteiger partial charge >= 0.3 is 0 Å². The molecule has 0 saturated heterocycles. The first-order valence-corrected chi connectivity index (χ1v) is 7.19. The van der Waals surface area contributed by atoms with Crippen LogP contribution in [0, 0.1) is 0 Å². The fourth-order valence-electron chi connectivity index (χ4n) is 1.63. The Morgan fingerprint density at radius 1 is 1.29 bits per heavy atom. The van der Waals surface area contributed by atoms with Crippen LogP contribution in [0.4, 0.5) is 0 Å². The number of benzene rings is 1. The third-order valence-corrected chi connectivity index (χ3v) is 3.31. The monoisotopic (exact) mass is 319 g/mol. The van der Waals surface area contributed by atoms with Gasteiger partial charge in [0.25, 0.3) is 0 Å². The summed E-state index contributed by atoms with van der Waals surface area (Å²) in [5.74, 6) is 1.70. The molecule has 0 spiro atoms. The van der Waals surface area contributed by atoms with Gasteiger partial charge in [-0.3, -0.25) is 0 Å². The smallest absolute Gasteiger partial charge is 0.123 e. The minimum Gasteiger partial charge on any atom is -0.496 e. The van der Waals surface area contributed by atoms with Gasteiger partial charge in [-0.25, -0.2) is 0 Å². The van der Waals surface area contributed by atoms with Gasteiger partial charge in [0.2, 0.25) is 0 Å². The van der Waals surface area contributed by atoms with E-state index in [0.717, 1.165) is 35.6 Å². The first-order chi connectivity index (χ1) is 8.27. The molecular formula is C13H19BrClNO. The molecule has 1 rings (SSSR count). The van der Waals surface area contributed by atoms with Crippen molar-refractivity contribution >= 4 is 27.5 Å². The van der Waals surface area contributed by atoms with Crippen LogP contribution in [0.2, 0.25) is 0 Å². The molecule has 0 saturated carbocycles. The number of hydrogen-bond acceptors (Lipinski definition) is 2. The summed E-state index contributed by atoms with van der Waals surface area (Å²) < 4.78 is 6.40. The van der Waals surface area contributed by atoms with E-state index < -0.39 is 0 Å². The van der Waals surface area contributed by atoms with Crippen LogP contribution in [0.5, 0.6) is 5.75 Å². The van der Waals surface area contributed by atoms with Crippen molar-refractivity contribution in [3.05, 3.63) is 28.2 Å². The summed E-state index contributed by atoms with van der Waals surface area (Å²) >= 11 is 9.10. The SMILES string of the molecule is COc1ccc(Br)cc1CNCCCCCCl. The van der Waals surface area contributed by atoms with Crippen LogP contribution in [-0.4, -0.2) is 19.5 Å². The average molecular weight is 321 g/mol. The lowest BCUT2D eigenvalue weighted by atomic mass is 10.2. The number of alkyl halides is 1. The van der Waals surface area contributed by atoms with Crippen LogP contribution in [0.1, 0.15) is 24.8 Å². The maximum atomic E-state index is 5.63. The fraction of sp³-hybridized carbons (Fsp3) is 0.538. The van der Waals surface area contributed by atoms with Gasteiger partial charge in [-0.15, -0.1) is 11.6 Å². The second-order valence-electron chi connectivity index (χ2n) is 3.88. The summed E-state index contributed by atoms with van der Waals surface area (Å²) in [6.07, 6.45) is 3.46. The number of rotatable bonds is 8. The first-order valence-electron chi connectivity index (χ1n) is 5.87.